The summed E-state index contributed by atoms with van der Waals surface area (Å²) >= 11 is 0. The van der Waals surface area contributed by atoms with Gasteiger partial charge in [-0.05, 0) is 41.8 Å². The number of hydrogen-bond acceptors (Lipinski definition) is 5. The minimum Gasteiger partial charge on any atom is -0.507 e. The zero-order valence-corrected chi connectivity index (χ0v) is 14.4. The Kier molecular flexibility index (Phi) is 4.59. The molecule has 5 heteroatoms. The van der Waals surface area contributed by atoms with Gasteiger partial charge in [0, 0.05) is 37.9 Å². The highest BCUT2D eigenvalue weighted by atomic mass is 16.5. The van der Waals surface area contributed by atoms with E-state index >= 15 is 0 Å². The molecule has 0 radical (unpaired) electrons. The zero-order chi connectivity index (χ0) is 17.2. The minimum absolute atomic E-state index is 0.0469. The van der Waals surface area contributed by atoms with Gasteiger partial charge >= 0.3 is 0 Å². The summed E-state index contributed by atoms with van der Waals surface area (Å²) < 4.78 is 5.45. The number of carbonyl (C=O) groups excluding carboxylic acids is 1. The molecule has 1 N–H and O–H groups in total. The van der Waals surface area contributed by atoms with Crippen LogP contribution in [0.3, 0.4) is 0 Å². The molecule has 0 unspecified atom stereocenters. The molecule has 2 saturated heterocycles. The lowest BCUT2D eigenvalue weighted by atomic mass is 10.00. The largest absolute Gasteiger partial charge is 0.507 e. The van der Waals surface area contributed by atoms with Crippen molar-refractivity contribution >= 4 is 22.7 Å². The van der Waals surface area contributed by atoms with E-state index in [4.69, 9.17) is 4.74 Å². The second-order valence-electron chi connectivity index (χ2n) is 6.89. The fourth-order valence-corrected chi connectivity index (χ4v) is 4.07. The molecule has 2 aromatic carbocycles. The van der Waals surface area contributed by atoms with Crippen molar-refractivity contribution in [1.29, 1.82) is 0 Å². The van der Waals surface area contributed by atoms with E-state index in [1.54, 1.807) is 6.07 Å². The van der Waals surface area contributed by atoms with Crippen LogP contribution in [0.15, 0.2) is 30.3 Å². The normalized spacial score (nSPS) is 20.1. The second kappa shape index (κ2) is 7.02. The van der Waals surface area contributed by atoms with Crippen LogP contribution in [0.1, 0.15) is 23.2 Å². The Morgan fingerprint density at radius 1 is 1.04 bits per heavy atom. The molecule has 2 aliphatic heterocycles. The predicted molar refractivity (Wildman–Crippen MR) is 98.6 cm³/mol. The van der Waals surface area contributed by atoms with Gasteiger partial charge in [-0.1, -0.05) is 12.1 Å². The number of piperidine rings is 1. The van der Waals surface area contributed by atoms with E-state index in [0.717, 1.165) is 75.0 Å². The van der Waals surface area contributed by atoms with Crippen molar-refractivity contribution in [2.45, 2.75) is 18.9 Å². The van der Waals surface area contributed by atoms with E-state index < -0.39 is 0 Å². The van der Waals surface area contributed by atoms with Crippen molar-refractivity contribution < 1.29 is 14.6 Å². The smallest absolute Gasteiger partial charge is 0.154 e. The van der Waals surface area contributed by atoms with Crippen LogP contribution in [-0.2, 0) is 4.74 Å². The number of nitrogens with zero attached hydrogens (tertiary/aromatic N) is 2. The van der Waals surface area contributed by atoms with E-state index in [1.165, 1.54) is 0 Å². The topological polar surface area (TPSA) is 53.0 Å². The molecule has 2 aromatic rings. The van der Waals surface area contributed by atoms with Gasteiger partial charge in [-0.25, -0.2) is 0 Å². The predicted octanol–water partition coefficient (Wildman–Crippen LogP) is 2.66. The third kappa shape index (κ3) is 3.22. The number of carbonyl (C=O) groups is 1. The molecule has 0 saturated carbocycles. The van der Waals surface area contributed by atoms with E-state index in [-0.39, 0.29) is 5.75 Å². The summed E-state index contributed by atoms with van der Waals surface area (Å²) in [6, 6.07) is 10.3. The lowest BCUT2D eigenvalue weighted by Crippen LogP contribution is -2.49. The number of phenolic OH excluding ortho intramolecular Hbond substituents is 1. The molecule has 0 aliphatic carbocycles. The molecule has 0 atom stereocenters. The van der Waals surface area contributed by atoms with Gasteiger partial charge in [0.1, 0.15) is 5.75 Å². The first kappa shape index (κ1) is 16.4. The standard InChI is InChI=1S/C20H24N2O3/c23-14-19-18-13-17(3-1-15(18)2-4-20(19)24)21-7-5-16(6-8-21)22-9-11-25-12-10-22/h1-4,13-14,16,24H,5-12H2. The number of benzene rings is 2. The summed E-state index contributed by atoms with van der Waals surface area (Å²) in [5.74, 6) is 0.0469. The Hall–Kier alpha value is -2.11. The van der Waals surface area contributed by atoms with Gasteiger partial charge in [0.25, 0.3) is 0 Å². The molecular weight excluding hydrogens is 316 g/mol. The van der Waals surface area contributed by atoms with Gasteiger partial charge in [-0.3, -0.25) is 9.69 Å². The number of ether oxygens (including phenoxy) is 1. The fourth-order valence-electron chi connectivity index (χ4n) is 4.07. The summed E-state index contributed by atoms with van der Waals surface area (Å²) in [5.41, 5.74) is 1.50. The number of fused-ring (bicyclic) bond motifs is 1. The van der Waals surface area contributed by atoms with Crippen molar-refractivity contribution in [1.82, 2.24) is 4.90 Å². The quantitative estimate of drug-likeness (QED) is 0.871. The maximum absolute atomic E-state index is 11.4. The van der Waals surface area contributed by atoms with E-state index in [9.17, 15) is 9.90 Å². The zero-order valence-electron chi connectivity index (χ0n) is 14.4. The van der Waals surface area contributed by atoms with Crippen LogP contribution >= 0.6 is 0 Å². The summed E-state index contributed by atoms with van der Waals surface area (Å²) in [5, 5.41) is 11.7. The van der Waals surface area contributed by atoms with Crippen molar-refractivity contribution in [3.63, 3.8) is 0 Å². The average Bonchev–Trinajstić information content (AvgIpc) is 2.68. The van der Waals surface area contributed by atoms with Gasteiger partial charge in [-0.15, -0.1) is 0 Å². The highest BCUT2D eigenvalue weighted by Crippen LogP contribution is 2.31. The Morgan fingerprint density at radius 2 is 1.76 bits per heavy atom. The van der Waals surface area contributed by atoms with Crippen molar-refractivity contribution in [3.8, 4) is 5.75 Å². The molecule has 0 aromatic heterocycles. The summed E-state index contributed by atoms with van der Waals surface area (Å²) in [6.45, 7) is 5.82. The first-order valence-electron chi connectivity index (χ1n) is 9.04. The molecule has 5 nitrogen and oxygen atoms in total. The summed E-state index contributed by atoms with van der Waals surface area (Å²) in [6.07, 6.45) is 3.04. The Balaban J connectivity index is 1.52. The number of aldehydes is 1. The average molecular weight is 340 g/mol. The first-order chi connectivity index (χ1) is 12.3. The second-order valence-corrected chi connectivity index (χ2v) is 6.89. The molecule has 4 rings (SSSR count). The molecule has 0 amide bonds. The molecule has 2 aliphatic rings. The van der Waals surface area contributed by atoms with E-state index in [1.807, 2.05) is 18.2 Å². The van der Waals surface area contributed by atoms with Crippen LogP contribution in [0.5, 0.6) is 5.75 Å². The lowest BCUT2D eigenvalue weighted by molar-refractivity contribution is 0.0115. The van der Waals surface area contributed by atoms with Crippen LogP contribution in [0.25, 0.3) is 10.8 Å². The fraction of sp³-hybridized carbons (Fsp3) is 0.450. The van der Waals surface area contributed by atoms with Gasteiger partial charge in [0.05, 0.1) is 18.8 Å². The molecule has 25 heavy (non-hydrogen) atoms. The van der Waals surface area contributed by atoms with Crippen LogP contribution in [0, 0.1) is 0 Å². The highest BCUT2D eigenvalue weighted by Gasteiger charge is 2.26. The van der Waals surface area contributed by atoms with Crippen molar-refractivity contribution in [2.75, 3.05) is 44.3 Å². The minimum atomic E-state index is 0.0469. The lowest BCUT2D eigenvalue weighted by Gasteiger charge is -2.40. The first-order valence-corrected chi connectivity index (χ1v) is 9.04. The molecule has 0 spiro atoms. The van der Waals surface area contributed by atoms with E-state index in [2.05, 4.69) is 15.9 Å². The number of morpholine rings is 1. The number of anilines is 1. The van der Waals surface area contributed by atoms with Gasteiger partial charge in [0.15, 0.2) is 6.29 Å². The molecule has 0 bridgehead atoms. The molecule has 2 heterocycles. The Morgan fingerprint density at radius 3 is 2.48 bits per heavy atom. The van der Waals surface area contributed by atoms with E-state index in [0.29, 0.717) is 11.6 Å². The summed E-state index contributed by atoms with van der Waals surface area (Å²) in [7, 11) is 0. The van der Waals surface area contributed by atoms with Crippen molar-refractivity contribution in [2.24, 2.45) is 0 Å². The van der Waals surface area contributed by atoms with Crippen LogP contribution in [0.4, 0.5) is 5.69 Å². The van der Waals surface area contributed by atoms with Crippen LogP contribution in [-0.4, -0.2) is 61.7 Å². The number of phenols is 1. The monoisotopic (exact) mass is 340 g/mol. The maximum Gasteiger partial charge on any atom is 0.154 e. The van der Waals surface area contributed by atoms with Gasteiger partial charge in [-0.2, -0.15) is 0 Å². The molecule has 132 valence electrons. The van der Waals surface area contributed by atoms with Crippen LogP contribution in [0.2, 0.25) is 0 Å². The van der Waals surface area contributed by atoms with Crippen molar-refractivity contribution in [3.05, 3.63) is 35.9 Å². The molecular formula is C20H24N2O3. The van der Waals surface area contributed by atoms with Gasteiger partial charge < -0.3 is 14.7 Å². The maximum atomic E-state index is 11.4. The highest BCUT2D eigenvalue weighted by molar-refractivity contribution is 6.02. The van der Waals surface area contributed by atoms with Gasteiger partial charge in [0.2, 0.25) is 0 Å². The van der Waals surface area contributed by atoms with Crippen LogP contribution < -0.4 is 4.90 Å². The Bertz CT molecular complexity index is 763. The third-order valence-corrected chi connectivity index (χ3v) is 5.53. The third-order valence-electron chi connectivity index (χ3n) is 5.53. The number of aromatic hydroxyl groups is 1. The number of hydrogen-bond donors (Lipinski definition) is 1. The Labute approximate surface area is 147 Å². The SMILES string of the molecule is O=Cc1c(O)ccc2ccc(N3CCC(N4CCOCC4)CC3)cc12. The molecule has 2 fully saturated rings. The number of rotatable bonds is 3. The summed E-state index contributed by atoms with van der Waals surface area (Å²) in [4.78, 5) is 16.3.